The number of halogens is 2. The minimum Gasteiger partial charge on any atom is -0.452 e. The van der Waals surface area contributed by atoms with Gasteiger partial charge in [-0.25, -0.2) is 0 Å². The standard InChI is InChI=1S/C10H11Cl2NO3/c11-5-7-6-13(2-4-15-7)10(14)8-1-3-16-9(8)12/h1,3,7H,2,4-6H2. The lowest BCUT2D eigenvalue weighted by Crippen LogP contribution is -2.46. The zero-order valence-corrected chi connectivity index (χ0v) is 10.0. The van der Waals surface area contributed by atoms with Gasteiger partial charge in [-0.2, -0.15) is 0 Å². The van der Waals surface area contributed by atoms with Crippen molar-refractivity contribution in [3.63, 3.8) is 0 Å². The lowest BCUT2D eigenvalue weighted by molar-refractivity contribution is -0.0108. The Labute approximate surface area is 103 Å². The number of amides is 1. The molecule has 2 heterocycles. The molecule has 88 valence electrons. The molecule has 1 aromatic heterocycles. The molecule has 4 nitrogen and oxygen atoms in total. The predicted molar refractivity (Wildman–Crippen MR) is 60.1 cm³/mol. The zero-order valence-electron chi connectivity index (χ0n) is 8.49. The van der Waals surface area contributed by atoms with Gasteiger partial charge in [0.25, 0.3) is 5.91 Å². The first-order valence-electron chi connectivity index (χ1n) is 4.92. The average Bonchev–Trinajstić information content (AvgIpc) is 2.74. The maximum absolute atomic E-state index is 12.0. The predicted octanol–water partition coefficient (Wildman–Crippen LogP) is 2.01. The second-order valence-electron chi connectivity index (χ2n) is 3.51. The van der Waals surface area contributed by atoms with Crippen molar-refractivity contribution in [1.82, 2.24) is 4.90 Å². The van der Waals surface area contributed by atoms with E-state index in [9.17, 15) is 4.79 Å². The maximum atomic E-state index is 12.0. The zero-order chi connectivity index (χ0) is 11.5. The summed E-state index contributed by atoms with van der Waals surface area (Å²) in [5, 5.41) is 0.124. The van der Waals surface area contributed by atoms with Crippen LogP contribution in [0.5, 0.6) is 0 Å². The second-order valence-corrected chi connectivity index (χ2v) is 4.16. The Balaban J connectivity index is 2.07. The van der Waals surface area contributed by atoms with Crippen molar-refractivity contribution in [3.8, 4) is 0 Å². The van der Waals surface area contributed by atoms with Gasteiger partial charge in [-0.15, -0.1) is 11.6 Å². The number of alkyl halides is 1. The first-order valence-corrected chi connectivity index (χ1v) is 5.83. The van der Waals surface area contributed by atoms with E-state index in [2.05, 4.69) is 0 Å². The number of rotatable bonds is 2. The van der Waals surface area contributed by atoms with Crippen LogP contribution in [0.25, 0.3) is 0 Å². The van der Waals surface area contributed by atoms with Crippen molar-refractivity contribution in [2.75, 3.05) is 25.6 Å². The molecule has 0 saturated carbocycles. The summed E-state index contributed by atoms with van der Waals surface area (Å²) < 4.78 is 10.3. The molecular weight excluding hydrogens is 253 g/mol. The largest absolute Gasteiger partial charge is 0.452 e. The Morgan fingerprint density at radius 2 is 2.44 bits per heavy atom. The van der Waals surface area contributed by atoms with Gasteiger partial charge in [0, 0.05) is 13.1 Å². The van der Waals surface area contributed by atoms with Crippen LogP contribution in [0.4, 0.5) is 0 Å². The summed E-state index contributed by atoms with van der Waals surface area (Å²) in [5.41, 5.74) is 0.386. The average molecular weight is 264 g/mol. The van der Waals surface area contributed by atoms with Gasteiger partial charge in [0.05, 0.1) is 30.4 Å². The number of hydrogen-bond donors (Lipinski definition) is 0. The van der Waals surface area contributed by atoms with Gasteiger partial charge in [0.2, 0.25) is 5.22 Å². The molecule has 1 atom stereocenters. The highest BCUT2D eigenvalue weighted by molar-refractivity contribution is 6.32. The van der Waals surface area contributed by atoms with Gasteiger partial charge < -0.3 is 14.1 Å². The molecule has 16 heavy (non-hydrogen) atoms. The monoisotopic (exact) mass is 263 g/mol. The van der Waals surface area contributed by atoms with Crippen LogP contribution in [-0.4, -0.2) is 42.5 Å². The van der Waals surface area contributed by atoms with E-state index in [1.807, 2.05) is 0 Å². The van der Waals surface area contributed by atoms with Crippen LogP contribution in [0.3, 0.4) is 0 Å². The maximum Gasteiger partial charge on any atom is 0.258 e. The number of hydrogen-bond acceptors (Lipinski definition) is 3. The highest BCUT2D eigenvalue weighted by Gasteiger charge is 2.26. The quantitative estimate of drug-likeness (QED) is 0.767. The third-order valence-electron chi connectivity index (χ3n) is 2.45. The van der Waals surface area contributed by atoms with Crippen LogP contribution < -0.4 is 0 Å². The van der Waals surface area contributed by atoms with Crippen molar-refractivity contribution in [1.29, 1.82) is 0 Å². The molecular formula is C10H11Cl2NO3. The number of ether oxygens (including phenoxy) is 1. The topological polar surface area (TPSA) is 42.7 Å². The van der Waals surface area contributed by atoms with Crippen molar-refractivity contribution < 1.29 is 13.9 Å². The van der Waals surface area contributed by atoms with E-state index in [1.54, 1.807) is 11.0 Å². The van der Waals surface area contributed by atoms with Gasteiger partial charge >= 0.3 is 0 Å². The van der Waals surface area contributed by atoms with E-state index in [0.29, 0.717) is 31.1 Å². The molecule has 1 aliphatic heterocycles. The molecule has 0 aliphatic carbocycles. The first kappa shape index (κ1) is 11.8. The normalized spacial score (nSPS) is 21.1. The lowest BCUT2D eigenvalue weighted by Gasteiger charge is -2.31. The molecule has 0 radical (unpaired) electrons. The van der Waals surface area contributed by atoms with Crippen molar-refractivity contribution in [2.24, 2.45) is 0 Å². The van der Waals surface area contributed by atoms with Gasteiger partial charge in [0.1, 0.15) is 0 Å². The number of carbonyl (C=O) groups is 1. The van der Waals surface area contributed by atoms with Crippen molar-refractivity contribution in [2.45, 2.75) is 6.10 Å². The summed E-state index contributed by atoms with van der Waals surface area (Å²) in [4.78, 5) is 13.7. The van der Waals surface area contributed by atoms with E-state index in [4.69, 9.17) is 32.4 Å². The fourth-order valence-corrected chi connectivity index (χ4v) is 2.00. The van der Waals surface area contributed by atoms with E-state index >= 15 is 0 Å². The molecule has 0 spiro atoms. The fourth-order valence-electron chi connectivity index (χ4n) is 1.61. The van der Waals surface area contributed by atoms with E-state index < -0.39 is 0 Å². The van der Waals surface area contributed by atoms with Crippen LogP contribution in [0, 0.1) is 0 Å². The summed E-state index contributed by atoms with van der Waals surface area (Å²) in [6, 6.07) is 1.57. The molecule has 2 rings (SSSR count). The summed E-state index contributed by atoms with van der Waals surface area (Å²) in [5.74, 6) is 0.236. The Kier molecular flexibility index (Phi) is 3.74. The van der Waals surface area contributed by atoms with E-state index in [0.717, 1.165) is 0 Å². The molecule has 1 amide bonds. The van der Waals surface area contributed by atoms with Crippen LogP contribution in [0.1, 0.15) is 10.4 Å². The minimum atomic E-state index is -0.142. The van der Waals surface area contributed by atoms with Crippen LogP contribution in [0.15, 0.2) is 16.7 Å². The number of carbonyl (C=O) groups excluding carboxylic acids is 1. The third kappa shape index (κ3) is 2.34. The Morgan fingerprint density at radius 1 is 1.62 bits per heavy atom. The lowest BCUT2D eigenvalue weighted by atomic mass is 10.2. The SMILES string of the molecule is O=C(c1ccoc1Cl)N1CCOC(CCl)C1. The Morgan fingerprint density at radius 3 is 3.06 bits per heavy atom. The highest BCUT2D eigenvalue weighted by Crippen LogP contribution is 2.20. The molecule has 0 N–H and O–H groups in total. The number of nitrogens with zero attached hydrogens (tertiary/aromatic N) is 1. The van der Waals surface area contributed by atoms with E-state index in [-0.39, 0.29) is 17.2 Å². The number of furan rings is 1. The summed E-state index contributed by atoms with van der Waals surface area (Å²) in [7, 11) is 0. The summed E-state index contributed by atoms with van der Waals surface area (Å²) in [6.45, 7) is 1.54. The van der Waals surface area contributed by atoms with Gasteiger partial charge in [-0.1, -0.05) is 0 Å². The summed E-state index contributed by atoms with van der Waals surface area (Å²) >= 11 is 11.5. The second kappa shape index (κ2) is 5.08. The van der Waals surface area contributed by atoms with Gasteiger partial charge in [-0.3, -0.25) is 4.79 Å². The third-order valence-corrected chi connectivity index (χ3v) is 3.08. The molecule has 0 bridgehead atoms. The van der Waals surface area contributed by atoms with Gasteiger partial charge in [0.15, 0.2) is 0 Å². The Bertz CT molecular complexity index is 380. The molecule has 6 heteroatoms. The first-order chi connectivity index (χ1) is 7.72. The molecule has 1 aromatic rings. The molecule has 1 fully saturated rings. The fraction of sp³-hybridized carbons (Fsp3) is 0.500. The minimum absolute atomic E-state index is 0.106. The van der Waals surface area contributed by atoms with Crippen molar-refractivity contribution in [3.05, 3.63) is 23.1 Å². The van der Waals surface area contributed by atoms with Crippen LogP contribution in [-0.2, 0) is 4.74 Å². The van der Waals surface area contributed by atoms with Gasteiger partial charge in [-0.05, 0) is 17.7 Å². The highest BCUT2D eigenvalue weighted by atomic mass is 35.5. The molecule has 1 saturated heterocycles. The number of morpholine rings is 1. The molecule has 1 aliphatic rings. The smallest absolute Gasteiger partial charge is 0.258 e. The molecule has 0 aromatic carbocycles. The van der Waals surface area contributed by atoms with Crippen LogP contribution in [0.2, 0.25) is 5.22 Å². The molecule has 1 unspecified atom stereocenters. The Hall–Kier alpha value is -0.710. The van der Waals surface area contributed by atoms with E-state index in [1.165, 1.54) is 6.26 Å². The van der Waals surface area contributed by atoms with Crippen molar-refractivity contribution >= 4 is 29.1 Å². The summed E-state index contributed by atoms with van der Waals surface area (Å²) in [6.07, 6.45) is 1.29. The van der Waals surface area contributed by atoms with Crippen LogP contribution >= 0.6 is 23.2 Å².